The summed E-state index contributed by atoms with van der Waals surface area (Å²) in [6.07, 6.45) is 5.65. The highest BCUT2D eigenvalue weighted by atomic mass is 16.2. The molecule has 1 aliphatic carbocycles. The van der Waals surface area contributed by atoms with Crippen LogP contribution in [0.5, 0.6) is 0 Å². The minimum absolute atomic E-state index is 0.140. The SMILES string of the molecule is O=C(NC1CCCCC1)c1cc(=O)[nH]c2ccccc12. The number of nitrogens with one attached hydrogen (secondary N) is 2. The van der Waals surface area contributed by atoms with Gasteiger partial charge in [-0.15, -0.1) is 0 Å². The lowest BCUT2D eigenvalue weighted by atomic mass is 9.95. The topological polar surface area (TPSA) is 62.0 Å². The van der Waals surface area contributed by atoms with E-state index in [0.29, 0.717) is 11.1 Å². The molecule has 1 amide bonds. The van der Waals surface area contributed by atoms with Crippen molar-refractivity contribution < 1.29 is 4.79 Å². The fourth-order valence-corrected chi connectivity index (χ4v) is 2.90. The molecule has 20 heavy (non-hydrogen) atoms. The molecule has 0 bridgehead atoms. The zero-order valence-electron chi connectivity index (χ0n) is 11.3. The fourth-order valence-electron chi connectivity index (χ4n) is 2.90. The molecule has 1 aromatic carbocycles. The molecule has 4 heteroatoms. The molecule has 0 aliphatic heterocycles. The van der Waals surface area contributed by atoms with Crippen LogP contribution in [-0.2, 0) is 0 Å². The van der Waals surface area contributed by atoms with Crippen LogP contribution in [0.15, 0.2) is 35.1 Å². The molecule has 1 aromatic heterocycles. The normalized spacial score (nSPS) is 16.2. The summed E-state index contributed by atoms with van der Waals surface area (Å²) in [5, 5.41) is 3.85. The predicted molar refractivity (Wildman–Crippen MR) is 78.9 cm³/mol. The van der Waals surface area contributed by atoms with E-state index in [0.717, 1.165) is 18.2 Å². The first-order valence-corrected chi connectivity index (χ1v) is 7.17. The third-order valence-corrected chi connectivity index (χ3v) is 3.94. The van der Waals surface area contributed by atoms with Gasteiger partial charge in [0.25, 0.3) is 5.91 Å². The second kappa shape index (κ2) is 5.49. The van der Waals surface area contributed by atoms with Gasteiger partial charge in [0.1, 0.15) is 0 Å². The number of rotatable bonds is 2. The third-order valence-electron chi connectivity index (χ3n) is 3.94. The van der Waals surface area contributed by atoms with Crippen LogP contribution >= 0.6 is 0 Å². The quantitative estimate of drug-likeness (QED) is 0.881. The average Bonchev–Trinajstić information content (AvgIpc) is 2.47. The smallest absolute Gasteiger partial charge is 0.252 e. The summed E-state index contributed by atoms with van der Waals surface area (Å²) in [5.41, 5.74) is 0.932. The zero-order valence-corrected chi connectivity index (χ0v) is 11.3. The Labute approximate surface area is 117 Å². The van der Waals surface area contributed by atoms with Crippen molar-refractivity contribution in [2.24, 2.45) is 0 Å². The van der Waals surface area contributed by atoms with Crippen molar-refractivity contribution in [2.75, 3.05) is 0 Å². The molecule has 2 aromatic rings. The van der Waals surface area contributed by atoms with Crippen molar-refractivity contribution in [1.82, 2.24) is 10.3 Å². The Kier molecular flexibility index (Phi) is 3.54. The first-order valence-electron chi connectivity index (χ1n) is 7.17. The molecule has 1 heterocycles. The van der Waals surface area contributed by atoms with Gasteiger partial charge < -0.3 is 10.3 Å². The highest BCUT2D eigenvalue weighted by Gasteiger charge is 2.18. The predicted octanol–water partition coefficient (Wildman–Crippen LogP) is 2.59. The Bertz CT molecular complexity index is 684. The van der Waals surface area contributed by atoms with Crippen LogP contribution < -0.4 is 10.9 Å². The van der Waals surface area contributed by atoms with Crippen LogP contribution in [-0.4, -0.2) is 16.9 Å². The molecule has 1 fully saturated rings. The van der Waals surface area contributed by atoms with Crippen molar-refractivity contribution in [2.45, 2.75) is 38.1 Å². The molecule has 0 atom stereocenters. The number of carbonyl (C=O) groups excluding carboxylic acids is 1. The van der Waals surface area contributed by atoms with Gasteiger partial charge >= 0.3 is 0 Å². The van der Waals surface area contributed by atoms with E-state index in [-0.39, 0.29) is 17.5 Å². The molecule has 0 saturated heterocycles. The monoisotopic (exact) mass is 270 g/mol. The molecule has 4 nitrogen and oxygen atoms in total. The van der Waals surface area contributed by atoms with Crippen LogP contribution in [0.4, 0.5) is 0 Å². The van der Waals surface area contributed by atoms with Crippen LogP contribution in [0.25, 0.3) is 10.9 Å². The molecular formula is C16H18N2O2. The lowest BCUT2D eigenvalue weighted by Crippen LogP contribution is -2.36. The number of hydrogen-bond donors (Lipinski definition) is 2. The van der Waals surface area contributed by atoms with Gasteiger partial charge in [0, 0.05) is 23.0 Å². The summed E-state index contributed by atoms with van der Waals surface area (Å²) in [5.74, 6) is -0.140. The molecule has 1 aliphatic rings. The number of aromatic amines is 1. The highest BCUT2D eigenvalue weighted by molar-refractivity contribution is 6.06. The summed E-state index contributed by atoms with van der Waals surface area (Å²) >= 11 is 0. The fraction of sp³-hybridized carbons (Fsp3) is 0.375. The average molecular weight is 270 g/mol. The Morgan fingerprint density at radius 1 is 1.15 bits per heavy atom. The van der Waals surface area contributed by atoms with Gasteiger partial charge in [-0.1, -0.05) is 37.5 Å². The highest BCUT2D eigenvalue weighted by Crippen LogP contribution is 2.19. The molecular weight excluding hydrogens is 252 g/mol. The summed E-state index contributed by atoms with van der Waals surface area (Å²) in [6.45, 7) is 0. The van der Waals surface area contributed by atoms with Gasteiger partial charge in [-0.25, -0.2) is 0 Å². The van der Waals surface area contributed by atoms with Gasteiger partial charge in [-0.2, -0.15) is 0 Å². The second-order valence-corrected chi connectivity index (χ2v) is 5.40. The maximum Gasteiger partial charge on any atom is 0.252 e. The van der Waals surface area contributed by atoms with Crippen LogP contribution in [0.2, 0.25) is 0 Å². The van der Waals surface area contributed by atoms with Crippen molar-refractivity contribution in [1.29, 1.82) is 0 Å². The van der Waals surface area contributed by atoms with E-state index in [2.05, 4.69) is 10.3 Å². The number of hydrogen-bond acceptors (Lipinski definition) is 2. The van der Waals surface area contributed by atoms with Crippen LogP contribution in [0.3, 0.4) is 0 Å². The Balaban J connectivity index is 1.92. The lowest BCUT2D eigenvalue weighted by Gasteiger charge is -2.23. The second-order valence-electron chi connectivity index (χ2n) is 5.40. The standard InChI is InChI=1S/C16H18N2O2/c19-15-10-13(12-8-4-5-9-14(12)18-15)16(20)17-11-6-2-1-3-7-11/h4-5,8-11H,1-3,6-7H2,(H,17,20)(H,18,19). The summed E-state index contributed by atoms with van der Waals surface area (Å²) in [7, 11) is 0. The van der Waals surface area contributed by atoms with E-state index in [1.54, 1.807) is 0 Å². The molecule has 0 spiro atoms. The van der Waals surface area contributed by atoms with E-state index in [1.807, 2.05) is 24.3 Å². The van der Waals surface area contributed by atoms with Gasteiger partial charge in [0.05, 0.1) is 5.56 Å². The van der Waals surface area contributed by atoms with Crippen LogP contribution in [0.1, 0.15) is 42.5 Å². The minimum Gasteiger partial charge on any atom is -0.349 e. The first kappa shape index (κ1) is 12.9. The van der Waals surface area contributed by atoms with Crippen LogP contribution in [0, 0.1) is 0 Å². The maximum absolute atomic E-state index is 12.4. The molecule has 0 radical (unpaired) electrons. The Hall–Kier alpha value is -2.10. The maximum atomic E-state index is 12.4. The number of carbonyl (C=O) groups is 1. The van der Waals surface area contributed by atoms with Gasteiger partial charge in [-0.05, 0) is 18.9 Å². The minimum atomic E-state index is -0.238. The van der Waals surface area contributed by atoms with E-state index in [9.17, 15) is 9.59 Å². The molecule has 1 saturated carbocycles. The number of para-hydroxylation sites is 1. The Morgan fingerprint density at radius 3 is 2.70 bits per heavy atom. The molecule has 104 valence electrons. The summed E-state index contributed by atoms with van der Waals surface area (Å²) in [6, 6.07) is 9.03. The Morgan fingerprint density at radius 2 is 1.90 bits per heavy atom. The molecule has 3 rings (SSSR count). The largest absolute Gasteiger partial charge is 0.349 e. The van der Waals surface area contributed by atoms with Crippen molar-refractivity contribution in [3.8, 4) is 0 Å². The van der Waals surface area contributed by atoms with E-state index < -0.39 is 0 Å². The van der Waals surface area contributed by atoms with Gasteiger partial charge in [0.15, 0.2) is 0 Å². The van der Waals surface area contributed by atoms with E-state index in [4.69, 9.17) is 0 Å². The number of pyridine rings is 1. The number of fused-ring (bicyclic) bond motifs is 1. The summed E-state index contributed by atoms with van der Waals surface area (Å²) in [4.78, 5) is 26.8. The third kappa shape index (κ3) is 2.59. The first-order chi connectivity index (χ1) is 9.74. The van der Waals surface area contributed by atoms with Gasteiger partial charge in [0.2, 0.25) is 5.56 Å². The number of benzene rings is 1. The zero-order chi connectivity index (χ0) is 13.9. The summed E-state index contributed by atoms with van der Waals surface area (Å²) < 4.78 is 0. The number of H-pyrrole nitrogens is 1. The number of amides is 1. The van der Waals surface area contributed by atoms with E-state index in [1.165, 1.54) is 25.3 Å². The van der Waals surface area contributed by atoms with Crippen molar-refractivity contribution >= 4 is 16.8 Å². The van der Waals surface area contributed by atoms with Crippen molar-refractivity contribution in [3.63, 3.8) is 0 Å². The molecule has 0 unspecified atom stereocenters. The number of aromatic nitrogens is 1. The molecule has 2 N–H and O–H groups in total. The van der Waals surface area contributed by atoms with E-state index >= 15 is 0 Å². The van der Waals surface area contributed by atoms with Crippen molar-refractivity contribution in [3.05, 3.63) is 46.2 Å². The lowest BCUT2D eigenvalue weighted by molar-refractivity contribution is 0.0929. The van der Waals surface area contributed by atoms with Gasteiger partial charge in [-0.3, -0.25) is 9.59 Å².